The number of fused-ring (bicyclic) bond motifs is 12. The Morgan fingerprint density at radius 1 is 0.298 bits per heavy atom. The van der Waals surface area contributed by atoms with E-state index in [4.69, 9.17) is 8.83 Å². The first-order valence-corrected chi connectivity index (χ1v) is 22.7. The van der Waals surface area contributed by atoms with Gasteiger partial charge < -0.3 is 8.83 Å². The Kier molecular flexibility index (Phi) is 6.82. The van der Waals surface area contributed by atoms with Crippen LogP contribution in [0.25, 0.3) is 109 Å². The lowest BCUT2D eigenvalue weighted by molar-refractivity contribution is 0.668. The van der Waals surface area contributed by atoms with Crippen LogP contribution in [0, 0.1) is 0 Å². The average molecular weight is 745 g/mol. The fourth-order valence-electron chi connectivity index (χ4n) is 9.42. The van der Waals surface area contributed by atoms with Gasteiger partial charge in [0.05, 0.1) is 0 Å². The van der Waals surface area contributed by atoms with E-state index in [1.165, 1.54) is 75.7 Å². The molecule has 0 aliphatic rings. The number of benzene rings is 10. The van der Waals surface area contributed by atoms with Gasteiger partial charge in [-0.25, -0.2) is 0 Å². The highest BCUT2D eigenvalue weighted by Gasteiger charge is 2.19. The van der Waals surface area contributed by atoms with Crippen molar-refractivity contribution in [3.8, 4) is 22.3 Å². The van der Waals surface area contributed by atoms with Crippen molar-refractivity contribution in [2.75, 3.05) is 0 Å². The molecule has 2 heterocycles. The van der Waals surface area contributed by atoms with Gasteiger partial charge in [-0.3, -0.25) is 0 Å². The van der Waals surface area contributed by atoms with Crippen molar-refractivity contribution in [2.45, 2.75) is 13.1 Å². The minimum atomic E-state index is -2.18. The Hall–Kier alpha value is -6.94. The molecule has 0 spiro atoms. The second kappa shape index (κ2) is 12.0. The Bertz CT molecular complexity index is 3380. The highest BCUT2D eigenvalue weighted by molar-refractivity contribution is 7.00. The lowest BCUT2D eigenvalue weighted by Gasteiger charge is -2.36. The molecule has 0 saturated carbocycles. The maximum atomic E-state index is 6.47. The topological polar surface area (TPSA) is 26.3 Å². The van der Waals surface area contributed by atoms with Gasteiger partial charge in [0, 0.05) is 21.5 Å². The predicted octanol–water partition coefficient (Wildman–Crippen LogP) is 14.3. The highest BCUT2D eigenvalue weighted by Crippen LogP contribution is 2.40. The molecule has 0 aliphatic carbocycles. The molecule has 0 aliphatic heterocycles. The van der Waals surface area contributed by atoms with Gasteiger partial charge in [-0.05, 0) is 114 Å². The van der Waals surface area contributed by atoms with Crippen molar-refractivity contribution >= 4 is 105 Å². The summed E-state index contributed by atoms with van der Waals surface area (Å²) in [5, 5.41) is 17.5. The molecule has 0 amide bonds. The van der Waals surface area contributed by atoms with E-state index in [1.54, 1.807) is 0 Å². The molecule has 0 atom stereocenters. The summed E-state index contributed by atoms with van der Waals surface area (Å²) in [5.41, 5.74) is 8.54. The standard InChI is InChI=1S/C54H36O2Si/c1-57(2,37-21-25-53-49(31-37)47-29-35(19-23-51(47)55-53)45-27-33-11-3-5-13-39(33)41-15-7-9-17-43(41)45)38-22-26-54-50(32-38)48-30-36(20-24-52(48)56-54)46-28-34-12-4-6-14-40(34)42-16-8-10-18-44(42)46/h3-32H,1-2H3/q-1. The second-order valence-electron chi connectivity index (χ2n) is 16.1. The molecular weight excluding hydrogens is 709 g/mol. The van der Waals surface area contributed by atoms with Gasteiger partial charge in [0.2, 0.25) is 0 Å². The Morgan fingerprint density at radius 3 is 1.09 bits per heavy atom. The first-order chi connectivity index (χ1) is 28.0. The molecule has 269 valence electrons. The van der Waals surface area contributed by atoms with Gasteiger partial charge in [-0.15, -0.1) is 0 Å². The van der Waals surface area contributed by atoms with Crippen molar-refractivity contribution in [2.24, 2.45) is 0 Å². The van der Waals surface area contributed by atoms with Crippen LogP contribution in [0.2, 0.25) is 13.1 Å². The normalized spacial score (nSPS) is 12.4. The van der Waals surface area contributed by atoms with Crippen molar-refractivity contribution in [1.29, 1.82) is 0 Å². The van der Waals surface area contributed by atoms with Gasteiger partial charge in [0.25, 0.3) is 0 Å². The zero-order valence-corrected chi connectivity index (χ0v) is 32.6. The van der Waals surface area contributed by atoms with Crippen LogP contribution in [0.15, 0.2) is 191 Å². The summed E-state index contributed by atoms with van der Waals surface area (Å²) in [6.45, 7) is 4.92. The summed E-state index contributed by atoms with van der Waals surface area (Å²) in [7, 11) is -2.18. The van der Waals surface area contributed by atoms with Gasteiger partial charge >= 0.3 is 0 Å². The molecule has 12 aromatic rings. The summed E-state index contributed by atoms with van der Waals surface area (Å²) >= 11 is 0. The lowest BCUT2D eigenvalue weighted by atomic mass is 9.93. The summed E-state index contributed by atoms with van der Waals surface area (Å²) in [4.78, 5) is 0. The monoisotopic (exact) mass is 744 g/mol. The zero-order chi connectivity index (χ0) is 37.8. The van der Waals surface area contributed by atoms with Crippen LogP contribution in [0.1, 0.15) is 0 Å². The molecule has 57 heavy (non-hydrogen) atoms. The van der Waals surface area contributed by atoms with Crippen LogP contribution in [0.4, 0.5) is 0 Å². The van der Waals surface area contributed by atoms with Crippen molar-refractivity contribution < 1.29 is 8.83 Å². The van der Waals surface area contributed by atoms with Crippen LogP contribution in [-0.4, -0.2) is 8.07 Å². The molecule has 0 bridgehead atoms. The first-order valence-electron chi connectivity index (χ1n) is 19.7. The van der Waals surface area contributed by atoms with Crippen molar-refractivity contribution in [3.63, 3.8) is 0 Å². The van der Waals surface area contributed by atoms with E-state index in [0.29, 0.717) is 0 Å². The number of rotatable bonds is 4. The molecule has 2 aromatic heterocycles. The van der Waals surface area contributed by atoms with E-state index in [-0.39, 0.29) is 0 Å². The molecule has 0 fully saturated rings. The quantitative estimate of drug-likeness (QED) is 0.132. The van der Waals surface area contributed by atoms with Crippen LogP contribution < -0.4 is 10.4 Å². The average Bonchev–Trinajstić information content (AvgIpc) is 3.82. The van der Waals surface area contributed by atoms with E-state index in [0.717, 1.165) is 43.9 Å². The zero-order valence-electron chi connectivity index (χ0n) is 31.6. The molecule has 10 aromatic carbocycles. The molecule has 3 heteroatoms. The second-order valence-corrected chi connectivity index (χ2v) is 20.5. The third-order valence-corrected chi connectivity index (χ3v) is 16.0. The van der Waals surface area contributed by atoms with Crippen LogP contribution in [0.3, 0.4) is 0 Å². The molecule has 0 radical (unpaired) electrons. The molecular formula is C54H36O2Si-. The first kappa shape index (κ1) is 32.3. The summed E-state index contributed by atoms with van der Waals surface area (Å²) in [6, 6.07) is 66.6. The van der Waals surface area contributed by atoms with Gasteiger partial charge in [0.15, 0.2) is 0 Å². The van der Waals surface area contributed by atoms with Crippen molar-refractivity contribution in [1.82, 2.24) is 0 Å². The number of hydrogen-bond acceptors (Lipinski definition) is 2. The third kappa shape index (κ3) is 4.89. The fourth-order valence-corrected chi connectivity index (χ4v) is 11.8. The largest absolute Gasteiger partial charge is 0.456 e. The fraction of sp³-hybridized carbons (Fsp3) is 0.0370. The number of furan rings is 2. The van der Waals surface area contributed by atoms with Crippen LogP contribution in [-0.2, 0) is 0 Å². The van der Waals surface area contributed by atoms with Crippen LogP contribution >= 0.6 is 0 Å². The van der Waals surface area contributed by atoms with Gasteiger partial charge in [0.1, 0.15) is 22.3 Å². The molecule has 0 N–H and O–H groups in total. The van der Waals surface area contributed by atoms with E-state index < -0.39 is 8.07 Å². The summed E-state index contributed by atoms with van der Waals surface area (Å²) in [6.07, 6.45) is 0. The minimum absolute atomic E-state index is 0.914. The highest BCUT2D eigenvalue weighted by atomic mass is 28.3. The summed E-state index contributed by atoms with van der Waals surface area (Å²) < 4.78 is 12.9. The maximum absolute atomic E-state index is 6.47. The molecule has 0 unspecified atom stereocenters. The maximum Gasteiger partial charge on any atom is 0.135 e. The van der Waals surface area contributed by atoms with E-state index in [1.807, 2.05) is 0 Å². The van der Waals surface area contributed by atoms with Crippen molar-refractivity contribution in [3.05, 3.63) is 182 Å². The van der Waals surface area contributed by atoms with Gasteiger partial charge in [-0.1, -0.05) is 142 Å². The molecule has 0 saturated heterocycles. The predicted molar refractivity (Wildman–Crippen MR) is 245 cm³/mol. The molecule has 12 rings (SSSR count). The Labute approximate surface area is 330 Å². The smallest absolute Gasteiger partial charge is 0.135 e. The van der Waals surface area contributed by atoms with E-state index >= 15 is 0 Å². The third-order valence-electron chi connectivity index (χ3n) is 12.5. The SMILES string of the molecule is C[Si-](C)(c1ccc2oc3ccc(-c4cc5ccccc5c5ccccc45)cc3c2c1)c1ccc2oc3ccc(-c4cc5ccccc5c5ccccc45)cc3c2c1. The van der Waals surface area contributed by atoms with E-state index in [9.17, 15) is 0 Å². The molecule has 2 nitrogen and oxygen atoms in total. The van der Waals surface area contributed by atoms with Gasteiger partial charge in [-0.2, -0.15) is 23.5 Å². The van der Waals surface area contributed by atoms with Crippen LogP contribution in [0.5, 0.6) is 0 Å². The Morgan fingerprint density at radius 2 is 0.649 bits per heavy atom. The Balaban J connectivity index is 0.976. The van der Waals surface area contributed by atoms with E-state index in [2.05, 4.69) is 195 Å². The minimum Gasteiger partial charge on any atom is -0.456 e. The summed E-state index contributed by atoms with van der Waals surface area (Å²) in [5.74, 6) is 0. The lowest BCUT2D eigenvalue weighted by Crippen LogP contribution is -2.52. The number of hydrogen-bond donors (Lipinski definition) is 0.